The normalized spacial score (nSPS) is 15.8. The molecule has 0 fully saturated rings. The third-order valence-electron chi connectivity index (χ3n) is 3.09. The van der Waals surface area contributed by atoms with Gasteiger partial charge in [-0.3, -0.25) is 4.79 Å². The van der Waals surface area contributed by atoms with Crippen molar-refractivity contribution in [2.75, 3.05) is 13.3 Å². The number of ketones is 1. The van der Waals surface area contributed by atoms with Gasteiger partial charge < -0.3 is 9.42 Å². The summed E-state index contributed by atoms with van der Waals surface area (Å²) >= 11 is 0. The van der Waals surface area contributed by atoms with Gasteiger partial charge in [-0.1, -0.05) is 50.5 Å². The molecule has 4 heteroatoms. The molecule has 1 unspecified atom stereocenters. The molecule has 0 spiro atoms. The molecule has 1 rings (SSSR count). The molecular formula is C16H25O3P. The standard InChI is InChI=1S/C16H25O3P/c1-13(2)16(17)11-15(12-19-20(3,4)18)10-14-8-6-5-7-9-14/h5-9,13,15,18H,3,10-12H2,1-2,4H3/t15-,20?/m1/s1. The zero-order valence-corrected chi connectivity index (χ0v) is 13.5. The summed E-state index contributed by atoms with van der Waals surface area (Å²) in [4.78, 5) is 21.6. The van der Waals surface area contributed by atoms with Crippen LogP contribution in [0.2, 0.25) is 0 Å². The van der Waals surface area contributed by atoms with Crippen LogP contribution in [0.4, 0.5) is 0 Å². The molecule has 1 aromatic carbocycles. The van der Waals surface area contributed by atoms with Gasteiger partial charge >= 0.3 is 0 Å². The van der Waals surface area contributed by atoms with Crippen molar-refractivity contribution in [1.82, 2.24) is 0 Å². The van der Waals surface area contributed by atoms with Crippen molar-refractivity contribution in [3.05, 3.63) is 35.9 Å². The first-order chi connectivity index (χ1) is 9.28. The maximum Gasteiger partial charge on any atom is 0.135 e. The van der Waals surface area contributed by atoms with Crippen LogP contribution < -0.4 is 0 Å². The van der Waals surface area contributed by atoms with Gasteiger partial charge in [-0.05, 0) is 17.9 Å². The Morgan fingerprint density at radius 1 is 1.35 bits per heavy atom. The lowest BCUT2D eigenvalue weighted by atomic mass is 9.92. The molecule has 0 bridgehead atoms. The summed E-state index contributed by atoms with van der Waals surface area (Å²) in [5.74, 6) is 0.348. The maximum absolute atomic E-state index is 11.9. The fourth-order valence-electron chi connectivity index (χ4n) is 1.92. The number of hydrogen-bond acceptors (Lipinski definition) is 3. The summed E-state index contributed by atoms with van der Waals surface area (Å²) in [5, 5.41) is 0. The van der Waals surface area contributed by atoms with Crippen LogP contribution in [-0.2, 0) is 15.7 Å². The Labute approximate surface area is 122 Å². The molecule has 0 radical (unpaired) electrons. The fourth-order valence-corrected chi connectivity index (χ4v) is 2.46. The molecule has 3 nitrogen and oxygen atoms in total. The number of carbonyl (C=O) groups is 1. The van der Waals surface area contributed by atoms with E-state index in [1.807, 2.05) is 44.2 Å². The van der Waals surface area contributed by atoms with Crippen LogP contribution in [0, 0.1) is 11.8 Å². The first-order valence-corrected chi connectivity index (χ1v) is 9.22. The van der Waals surface area contributed by atoms with Gasteiger partial charge in [0, 0.05) is 19.0 Å². The van der Waals surface area contributed by atoms with Crippen molar-refractivity contribution in [3.8, 4) is 0 Å². The van der Waals surface area contributed by atoms with Crippen molar-refractivity contribution < 1.29 is 14.2 Å². The summed E-state index contributed by atoms with van der Waals surface area (Å²) in [7, 11) is -2.50. The fraction of sp³-hybridized carbons (Fsp3) is 0.500. The summed E-state index contributed by atoms with van der Waals surface area (Å²) in [6.45, 7) is 5.80. The van der Waals surface area contributed by atoms with Crippen molar-refractivity contribution in [1.29, 1.82) is 0 Å². The van der Waals surface area contributed by atoms with E-state index in [1.165, 1.54) is 5.56 Å². The molecule has 0 saturated carbocycles. The van der Waals surface area contributed by atoms with Crippen molar-refractivity contribution in [2.45, 2.75) is 26.7 Å². The van der Waals surface area contributed by atoms with E-state index in [4.69, 9.17) is 4.52 Å². The lowest BCUT2D eigenvalue weighted by Crippen LogP contribution is -2.19. The van der Waals surface area contributed by atoms with Gasteiger partial charge in [0.05, 0.1) is 6.61 Å². The molecule has 0 amide bonds. The molecule has 1 N–H and O–H groups in total. The minimum atomic E-state index is -2.50. The number of Topliss-reactive ketones (excluding diaryl/α,β-unsaturated/α-hetero) is 1. The van der Waals surface area contributed by atoms with Crippen LogP contribution in [0.3, 0.4) is 0 Å². The Bertz CT molecular complexity index is 462. The first kappa shape index (κ1) is 17.2. The maximum atomic E-state index is 11.9. The Morgan fingerprint density at radius 3 is 2.45 bits per heavy atom. The van der Waals surface area contributed by atoms with Crippen molar-refractivity contribution in [2.24, 2.45) is 11.8 Å². The minimum Gasteiger partial charge on any atom is -0.353 e. The van der Waals surface area contributed by atoms with E-state index < -0.39 is 7.34 Å². The number of carbonyl (C=O) groups excluding carboxylic acids is 1. The summed E-state index contributed by atoms with van der Waals surface area (Å²) in [6, 6.07) is 10.0. The van der Waals surface area contributed by atoms with E-state index in [1.54, 1.807) is 6.66 Å². The van der Waals surface area contributed by atoms with Crippen LogP contribution in [0.5, 0.6) is 0 Å². The van der Waals surface area contributed by atoms with Crippen LogP contribution in [-0.4, -0.2) is 30.2 Å². The Morgan fingerprint density at radius 2 is 1.95 bits per heavy atom. The first-order valence-electron chi connectivity index (χ1n) is 6.92. The van der Waals surface area contributed by atoms with E-state index in [2.05, 4.69) is 6.30 Å². The highest BCUT2D eigenvalue weighted by atomic mass is 31.2. The average molecular weight is 296 g/mol. The third kappa shape index (κ3) is 7.04. The second kappa shape index (κ2) is 7.78. The number of hydrogen-bond donors (Lipinski definition) is 1. The summed E-state index contributed by atoms with van der Waals surface area (Å²) in [6.07, 6.45) is 4.88. The predicted octanol–water partition coefficient (Wildman–Crippen LogP) is 3.38. The highest BCUT2D eigenvalue weighted by Crippen LogP contribution is 2.37. The molecule has 20 heavy (non-hydrogen) atoms. The van der Waals surface area contributed by atoms with Gasteiger partial charge in [0.2, 0.25) is 0 Å². The molecule has 0 aliphatic rings. The van der Waals surface area contributed by atoms with Gasteiger partial charge in [0.15, 0.2) is 0 Å². The Hall–Kier alpha value is -0.890. The monoisotopic (exact) mass is 296 g/mol. The largest absolute Gasteiger partial charge is 0.353 e. The Balaban J connectivity index is 2.68. The molecule has 1 aromatic rings. The van der Waals surface area contributed by atoms with E-state index in [9.17, 15) is 9.69 Å². The van der Waals surface area contributed by atoms with Gasteiger partial charge in [-0.2, -0.15) is 0 Å². The van der Waals surface area contributed by atoms with Gasteiger partial charge in [-0.15, -0.1) is 0 Å². The minimum absolute atomic E-state index is 0.0309. The lowest BCUT2D eigenvalue weighted by molar-refractivity contribution is -0.123. The second-order valence-electron chi connectivity index (χ2n) is 5.73. The van der Waals surface area contributed by atoms with Gasteiger partial charge in [0.1, 0.15) is 13.1 Å². The predicted molar refractivity (Wildman–Crippen MR) is 86.2 cm³/mol. The average Bonchev–Trinajstić information content (AvgIpc) is 2.36. The van der Waals surface area contributed by atoms with E-state index in [0.29, 0.717) is 13.0 Å². The van der Waals surface area contributed by atoms with Gasteiger partial charge in [-0.25, -0.2) is 0 Å². The van der Waals surface area contributed by atoms with E-state index >= 15 is 0 Å². The summed E-state index contributed by atoms with van der Waals surface area (Å²) in [5.41, 5.74) is 1.18. The highest BCUT2D eigenvalue weighted by Gasteiger charge is 2.18. The highest BCUT2D eigenvalue weighted by molar-refractivity contribution is 7.62. The SMILES string of the molecule is C=P(C)(O)OC[C@@H](CC(=O)C(C)C)Cc1ccccc1. The molecule has 2 atom stereocenters. The van der Waals surface area contributed by atoms with Crippen LogP contribution >= 0.6 is 7.34 Å². The molecule has 0 heterocycles. The van der Waals surface area contributed by atoms with Crippen molar-refractivity contribution >= 4 is 19.4 Å². The zero-order chi connectivity index (χ0) is 15.2. The molecule has 112 valence electrons. The number of rotatable bonds is 8. The molecule has 0 saturated heterocycles. The zero-order valence-electron chi connectivity index (χ0n) is 12.6. The molecular weight excluding hydrogens is 271 g/mol. The topological polar surface area (TPSA) is 46.5 Å². The van der Waals surface area contributed by atoms with Crippen LogP contribution in [0.15, 0.2) is 30.3 Å². The Kier molecular flexibility index (Phi) is 6.67. The quantitative estimate of drug-likeness (QED) is 0.748. The van der Waals surface area contributed by atoms with E-state index in [0.717, 1.165) is 6.42 Å². The number of benzene rings is 1. The van der Waals surface area contributed by atoms with E-state index in [-0.39, 0.29) is 17.6 Å². The lowest BCUT2D eigenvalue weighted by Gasteiger charge is -2.20. The second-order valence-corrected chi connectivity index (χ2v) is 8.09. The third-order valence-corrected chi connectivity index (χ3v) is 3.79. The van der Waals surface area contributed by atoms with Crippen LogP contribution in [0.1, 0.15) is 25.8 Å². The van der Waals surface area contributed by atoms with Crippen LogP contribution in [0.25, 0.3) is 0 Å². The molecule has 0 aliphatic carbocycles. The summed E-state index contributed by atoms with van der Waals surface area (Å²) < 4.78 is 5.45. The molecule has 0 aliphatic heterocycles. The van der Waals surface area contributed by atoms with Crippen molar-refractivity contribution in [3.63, 3.8) is 0 Å². The molecule has 0 aromatic heterocycles. The smallest absolute Gasteiger partial charge is 0.135 e. The van der Waals surface area contributed by atoms with Gasteiger partial charge in [0.25, 0.3) is 0 Å².